The first kappa shape index (κ1) is 13.1. The molecule has 0 radical (unpaired) electrons. The quantitative estimate of drug-likeness (QED) is 0.624. The Kier molecular flexibility index (Phi) is 2.78. The number of rotatable bonds is 3. The van der Waals surface area contributed by atoms with Gasteiger partial charge in [0.25, 0.3) is 0 Å². The van der Waals surface area contributed by atoms with E-state index in [0.717, 1.165) is 27.9 Å². The van der Waals surface area contributed by atoms with Crippen molar-refractivity contribution >= 4 is 10.9 Å². The van der Waals surface area contributed by atoms with Gasteiger partial charge in [0.2, 0.25) is 18.5 Å². The van der Waals surface area contributed by atoms with Gasteiger partial charge in [-0.05, 0) is 24.3 Å². The van der Waals surface area contributed by atoms with Crippen molar-refractivity contribution in [2.75, 3.05) is 6.79 Å². The molecular formula is C17H12N4O3. The van der Waals surface area contributed by atoms with E-state index in [2.05, 4.69) is 20.3 Å². The molecule has 0 unspecified atom stereocenters. The van der Waals surface area contributed by atoms with E-state index in [-0.39, 0.29) is 6.79 Å². The minimum absolute atomic E-state index is 0.239. The van der Waals surface area contributed by atoms with E-state index in [1.807, 2.05) is 42.5 Å². The first-order valence-electron chi connectivity index (χ1n) is 7.51. The second kappa shape index (κ2) is 5.09. The molecule has 0 saturated heterocycles. The lowest BCUT2D eigenvalue weighted by Crippen LogP contribution is -1.92. The number of para-hydroxylation sites is 1. The number of hydrogen-bond donors (Lipinski definition) is 1. The van der Waals surface area contributed by atoms with Crippen molar-refractivity contribution in [3.05, 3.63) is 54.0 Å². The number of fused-ring (bicyclic) bond motifs is 2. The summed E-state index contributed by atoms with van der Waals surface area (Å²) in [7, 11) is 0. The number of nitrogens with one attached hydrogen (secondary N) is 1. The van der Waals surface area contributed by atoms with Gasteiger partial charge in [-0.2, -0.15) is 10.1 Å². The Morgan fingerprint density at radius 2 is 1.96 bits per heavy atom. The van der Waals surface area contributed by atoms with Gasteiger partial charge in [-0.3, -0.25) is 5.10 Å². The topological polar surface area (TPSA) is 86.1 Å². The number of nitrogens with zero attached hydrogens (tertiary/aromatic N) is 3. The molecule has 118 valence electrons. The molecule has 2 aromatic heterocycles. The van der Waals surface area contributed by atoms with Crippen LogP contribution in [0.2, 0.25) is 0 Å². The zero-order valence-corrected chi connectivity index (χ0v) is 12.5. The van der Waals surface area contributed by atoms with Crippen molar-refractivity contribution in [1.29, 1.82) is 0 Å². The van der Waals surface area contributed by atoms with Gasteiger partial charge in [0.15, 0.2) is 11.5 Å². The highest BCUT2D eigenvalue weighted by molar-refractivity contribution is 5.81. The van der Waals surface area contributed by atoms with Gasteiger partial charge >= 0.3 is 0 Å². The van der Waals surface area contributed by atoms with Crippen molar-refractivity contribution in [1.82, 2.24) is 20.3 Å². The van der Waals surface area contributed by atoms with Crippen LogP contribution in [0.3, 0.4) is 0 Å². The average molecular weight is 320 g/mol. The van der Waals surface area contributed by atoms with Gasteiger partial charge in [-0.25, -0.2) is 0 Å². The first-order chi connectivity index (χ1) is 11.9. The molecule has 0 spiro atoms. The van der Waals surface area contributed by atoms with Crippen molar-refractivity contribution in [3.63, 3.8) is 0 Å². The zero-order valence-electron chi connectivity index (χ0n) is 12.5. The summed E-state index contributed by atoms with van der Waals surface area (Å²) in [5.41, 5.74) is 2.69. The van der Waals surface area contributed by atoms with Crippen LogP contribution in [-0.4, -0.2) is 27.1 Å². The SMILES string of the molecule is c1ccc2c(Cc3nc(-c4ccc5c(c4)OCO5)no3)[nH]nc2c1. The Morgan fingerprint density at radius 3 is 2.96 bits per heavy atom. The smallest absolute Gasteiger partial charge is 0.232 e. The lowest BCUT2D eigenvalue weighted by Gasteiger charge is -1.97. The Labute approximate surface area is 136 Å². The number of aromatic nitrogens is 4. The van der Waals surface area contributed by atoms with Gasteiger partial charge in [0, 0.05) is 10.9 Å². The molecule has 0 atom stereocenters. The number of H-pyrrole nitrogens is 1. The van der Waals surface area contributed by atoms with Gasteiger partial charge in [-0.15, -0.1) is 0 Å². The maximum absolute atomic E-state index is 5.38. The molecular weight excluding hydrogens is 308 g/mol. The molecule has 0 aliphatic carbocycles. The lowest BCUT2D eigenvalue weighted by atomic mass is 10.1. The molecule has 2 aromatic carbocycles. The molecule has 3 heterocycles. The number of hydrogen-bond acceptors (Lipinski definition) is 6. The summed E-state index contributed by atoms with van der Waals surface area (Å²) >= 11 is 0. The molecule has 0 saturated carbocycles. The van der Waals surface area contributed by atoms with E-state index in [1.165, 1.54) is 0 Å². The third-order valence-corrected chi connectivity index (χ3v) is 3.97. The van der Waals surface area contributed by atoms with Crippen LogP contribution in [0.4, 0.5) is 0 Å². The standard InChI is InChI=1S/C17H12N4O3/c1-2-4-12-11(3-1)13(20-19-12)8-16-18-17(21-24-16)10-5-6-14-15(7-10)23-9-22-14/h1-7H,8-9H2,(H,19,20). The molecule has 0 fully saturated rings. The molecule has 1 aliphatic rings. The van der Waals surface area contributed by atoms with Crippen molar-refractivity contribution in [2.24, 2.45) is 0 Å². The number of ether oxygens (including phenoxy) is 2. The molecule has 5 rings (SSSR count). The molecule has 0 bridgehead atoms. The Bertz CT molecular complexity index is 1040. The third-order valence-electron chi connectivity index (χ3n) is 3.97. The highest BCUT2D eigenvalue weighted by Gasteiger charge is 2.17. The maximum atomic E-state index is 5.38. The second-order valence-corrected chi connectivity index (χ2v) is 5.48. The fourth-order valence-corrected chi connectivity index (χ4v) is 2.78. The highest BCUT2D eigenvalue weighted by atomic mass is 16.7. The van der Waals surface area contributed by atoms with Gasteiger partial charge in [-0.1, -0.05) is 23.4 Å². The van der Waals surface area contributed by atoms with Crippen molar-refractivity contribution < 1.29 is 14.0 Å². The predicted molar refractivity (Wildman–Crippen MR) is 84.8 cm³/mol. The molecule has 1 aliphatic heterocycles. The minimum Gasteiger partial charge on any atom is -0.454 e. The average Bonchev–Trinajstić information content (AvgIpc) is 3.34. The van der Waals surface area contributed by atoms with E-state index >= 15 is 0 Å². The maximum Gasteiger partial charge on any atom is 0.232 e. The summed E-state index contributed by atoms with van der Waals surface area (Å²) in [5.74, 6) is 2.47. The molecule has 7 nitrogen and oxygen atoms in total. The van der Waals surface area contributed by atoms with Gasteiger partial charge in [0.1, 0.15) is 0 Å². The zero-order chi connectivity index (χ0) is 15.9. The fourth-order valence-electron chi connectivity index (χ4n) is 2.78. The van der Waals surface area contributed by atoms with Crippen LogP contribution in [-0.2, 0) is 6.42 Å². The van der Waals surface area contributed by atoms with E-state index < -0.39 is 0 Å². The van der Waals surface area contributed by atoms with Gasteiger partial charge < -0.3 is 14.0 Å². The highest BCUT2D eigenvalue weighted by Crippen LogP contribution is 2.35. The third kappa shape index (κ3) is 2.10. The van der Waals surface area contributed by atoms with Crippen LogP contribution in [0, 0.1) is 0 Å². The van der Waals surface area contributed by atoms with Crippen LogP contribution in [0.1, 0.15) is 11.6 Å². The van der Waals surface area contributed by atoms with Crippen LogP contribution >= 0.6 is 0 Å². The fraction of sp³-hybridized carbons (Fsp3) is 0.118. The number of aromatic amines is 1. The Balaban J connectivity index is 1.45. The largest absolute Gasteiger partial charge is 0.454 e. The summed E-state index contributed by atoms with van der Waals surface area (Å²) < 4.78 is 16.1. The normalized spacial score (nSPS) is 12.8. The summed E-state index contributed by atoms with van der Waals surface area (Å²) in [5, 5.41) is 12.4. The van der Waals surface area contributed by atoms with Crippen LogP contribution < -0.4 is 9.47 Å². The summed E-state index contributed by atoms with van der Waals surface area (Å²) in [6, 6.07) is 13.5. The van der Waals surface area contributed by atoms with E-state index in [9.17, 15) is 0 Å². The van der Waals surface area contributed by atoms with Gasteiger partial charge in [0.05, 0.1) is 17.6 Å². The number of benzene rings is 2. The van der Waals surface area contributed by atoms with E-state index in [1.54, 1.807) is 0 Å². The molecule has 24 heavy (non-hydrogen) atoms. The summed E-state index contributed by atoms with van der Waals surface area (Å²) in [6.07, 6.45) is 0.498. The lowest BCUT2D eigenvalue weighted by molar-refractivity contribution is 0.174. The predicted octanol–water partition coefficient (Wildman–Crippen LogP) is 2.93. The summed E-state index contributed by atoms with van der Waals surface area (Å²) in [4.78, 5) is 4.47. The molecule has 0 amide bonds. The van der Waals surface area contributed by atoms with Crippen molar-refractivity contribution in [3.8, 4) is 22.9 Å². The minimum atomic E-state index is 0.239. The Morgan fingerprint density at radius 1 is 1.04 bits per heavy atom. The van der Waals surface area contributed by atoms with Crippen LogP contribution in [0.15, 0.2) is 47.0 Å². The summed E-state index contributed by atoms with van der Waals surface area (Å²) in [6.45, 7) is 0.239. The monoisotopic (exact) mass is 320 g/mol. The van der Waals surface area contributed by atoms with Crippen LogP contribution in [0.5, 0.6) is 11.5 Å². The molecule has 4 aromatic rings. The van der Waals surface area contributed by atoms with E-state index in [4.69, 9.17) is 14.0 Å². The first-order valence-corrected chi connectivity index (χ1v) is 7.51. The van der Waals surface area contributed by atoms with Crippen LogP contribution in [0.25, 0.3) is 22.3 Å². The Hall–Kier alpha value is -3.35. The molecule has 7 heteroatoms. The van der Waals surface area contributed by atoms with Crippen molar-refractivity contribution in [2.45, 2.75) is 6.42 Å². The second-order valence-electron chi connectivity index (χ2n) is 5.48. The molecule has 1 N–H and O–H groups in total. The van der Waals surface area contributed by atoms with E-state index in [0.29, 0.717) is 23.9 Å².